The van der Waals surface area contributed by atoms with Crippen LogP contribution in [-0.2, 0) is 0 Å². The first-order valence-electron chi connectivity index (χ1n) is 7.44. The predicted molar refractivity (Wildman–Crippen MR) is 88.4 cm³/mol. The number of nitro groups is 1. The molecule has 26 heavy (non-hydrogen) atoms. The quantitative estimate of drug-likeness (QED) is 0.625. The Morgan fingerprint density at radius 1 is 1.15 bits per heavy atom. The molecular weight excluding hydrogens is 350 g/mol. The van der Waals surface area contributed by atoms with Crippen LogP contribution in [0.1, 0.15) is 28.9 Å². The maximum absolute atomic E-state index is 13.8. The first-order chi connectivity index (χ1) is 12.3. The van der Waals surface area contributed by atoms with E-state index in [4.69, 9.17) is 9.47 Å². The van der Waals surface area contributed by atoms with E-state index in [2.05, 4.69) is 5.32 Å². The van der Waals surface area contributed by atoms with Gasteiger partial charge in [-0.15, -0.1) is 0 Å². The minimum Gasteiger partial charge on any atom is -0.493 e. The van der Waals surface area contributed by atoms with Gasteiger partial charge in [-0.3, -0.25) is 14.9 Å². The fourth-order valence-electron chi connectivity index (χ4n) is 2.41. The van der Waals surface area contributed by atoms with E-state index in [0.29, 0.717) is 6.07 Å². The number of ether oxygens (including phenoxy) is 2. The highest BCUT2D eigenvalue weighted by molar-refractivity contribution is 5.99. The minimum atomic E-state index is -0.851. The number of carbonyl (C=O) groups is 1. The molecule has 0 radical (unpaired) electrons. The van der Waals surface area contributed by atoms with Crippen molar-refractivity contribution in [3.8, 4) is 11.5 Å². The summed E-state index contributed by atoms with van der Waals surface area (Å²) in [5.41, 5.74) is -0.725. The predicted octanol–water partition coefficient (Wildman–Crippen LogP) is 3.38. The van der Waals surface area contributed by atoms with Crippen LogP contribution in [0, 0.1) is 21.7 Å². The third-order valence-corrected chi connectivity index (χ3v) is 3.72. The first-order valence-corrected chi connectivity index (χ1v) is 7.44. The van der Waals surface area contributed by atoms with E-state index in [1.807, 2.05) is 0 Å². The summed E-state index contributed by atoms with van der Waals surface area (Å²) >= 11 is 0. The van der Waals surface area contributed by atoms with Gasteiger partial charge in [0.25, 0.3) is 11.6 Å². The van der Waals surface area contributed by atoms with Crippen molar-refractivity contribution in [2.75, 3.05) is 14.2 Å². The molecule has 138 valence electrons. The molecule has 9 heteroatoms. The summed E-state index contributed by atoms with van der Waals surface area (Å²) < 4.78 is 36.9. The molecule has 0 spiro atoms. The topological polar surface area (TPSA) is 90.7 Å². The van der Waals surface area contributed by atoms with E-state index in [1.165, 1.54) is 33.3 Å². The van der Waals surface area contributed by atoms with Crippen LogP contribution in [0.4, 0.5) is 14.5 Å². The summed E-state index contributed by atoms with van der Waals surface area (Å²) in [6, 6.07) is 4.32. The van der Waals surface area contributed by atoms with Gasteiger partial charge in [-0.05, 0) is 13.0 Å². The van der Waals surface area contributed by atoms with Crippen molar-refractivity contribution >= 4 is 11.6 Å². The zero-order valence-corrected chi connectivity index (χ0v) is 14.2. The Hall–Kier alpha value is -3.23. The molecule has 0 aliphatic rings. The van der Waals surface area contributed by atoms with E-state index < -0.39 is 34.2 Å². The molecule has 7 nitrogen and oxygen atoms in total. The SMILES string of the molecule is COc1cc(C(=O)NC(C)c2ccc(F)cc2F)c([N+](=O)[O-])cc1OC. The molecule has 1 atom stereocenters. The molecule has 1 unspecified atom stereocenters. The largest absolute Gasteiger partial charge is 0.493 e. The number of benzene rings is 2. The van der Waals surface area contributed by atoms with Gasteiger partial charge in [0.15, 0.2) is 11.5 Å². The minimum absolute atomic E-state index is 0.0443. The zero-order chi connectivity index (χ0) is 19.4. The van der Waals surface area contributed by atoms with Gasteiger partial charge in [-0.25, -0.2) is 8.78 Å². The average Bonchev–Trinajstić information content (AvgIpc) is 2.59. The second-order valence-corrected chi connectivity index (χ2v) is 5.34. The number of amides is 1. The van der Waals surface area contributed by atoms with Gasteiger partial charge in [0, 0.05) is 17.7 Å². The summed E-state index contributed by atoms with van der Waals surface area (Å²) in [6.07, 6.45) is 0. The van der Waals surface area contributed by atoms with Crippen molar-refractivity contribution in [2.45, 2.75) is 13.0 Å². The summed E-state index contributed by atoms with van der Waals surface area (Å²) in [6.45, 7) is 1.47. The Balaban J connectivity index is 2.37. The van der Waals surface area contributed by atoms with Crippen LogP contribution in [-0.4, -0.2) is 25.1 Å². The highest BCUT2D eigenvalue weighted by Gasteiger charge is 2.26. The van der Waals surface area contributed by atoms with Crippen molar-refractivity contribution in [3.63, 3.8) is 0 Å². The lowest BCUT2D eigenvalue weighted by atomic mass is 10.1. The molecule has 0 aliphatic carbocycles. The maximum atomic E-state index is 13.8. The van der Waals surface area contributed by atoms with Gasteiger partial charge < -0.3 is 14.8 Å². The highest BCUT2D eigenvalue weighted by Crippen LogP contribution is 2.34. The molecule has 0 saturated heterocycles. The molecule has 2 rings (SSSR count). The van der Waals surface area contributed by atoms with E-state index in [0.717, 1.165) is 12.1 Å². The smallest absolute Gasteiger partial charge is 0.286 e. The van der Waals surface area contributed by atoms with Gasteiger partial charge in [-0.1, -0.05) is 6.07 Å². The molecule has 2 aromatic carbocycles. The number of carbonyl (C=O) groups excluding carboxylic acids is 1. The van der Waals surface area contributed by atoms with Crippen molar-refractivity contribution in [1.82, 2.24) is 5.32 Å². The lowest BCUT2D eigenvalue weighted by Crippen LogP contribution is -2.28. The van der Waals surface area contributed by atoms with Crippen LogP contribution >= 0.6 is 0 Å². The molecule has 0 bridgehead atoms. The first kappa shape index (κ1) is 19.1. The number of nitrogens with zero attached hydrogens (tertiary/aromatic N) is 1. The molecule has 0 fully saturated rings. The number of methoxy groups -OCH3 is 2. The van der Waals surface area contributed by atoms with Gasteiger partial charge in [0.1, 0.15) is 17.2 Å². The van der Waals surface area contributed by atoms with Gasteiger partial charge in [-0.2, -0.15) is 0 Å². The van der Waals surface area contributed by atoms with Gasteiger partial charge in [0.2, 0.25) is 0 Å². The molecule has 2 aromatic rings. The molecule has 0 saturated carbocycles. The van der Waals surface area contributed by atoms with E-state index in [1.54, 1.807) is 0 Å². The van der Waals surface area contributed by atoms with Crippen molar-refractivity contribution in [2.24, 2.45) is 0 Å². The Labute approximate surface area is 147 Å². The van der Waals surface area contributed by atoms with Crippen LogP contribution < -0.4 is 14.8 Å². The Morgan fingerprint density at radius 3 is 2.31 bits per heavy atom. The van der Waals surface area contributed by atoms with Crippen LogP contribution in [0.5, 0.6) is 11.5 Å². The Kier molecular flexibility index (Phi) is 5.71. The highest BCUT2D eigenvalue weighted by atomic mass is 19.1. The summed E-state index contributed by atoms with van der Waals surface area (Å²) in [4.78, 5) is 23.0. The van der Waals surface area contributed by atoms with E-state index >= 15 is 0 Å². The second-order valence-electron chi connectivity index (χ2n) is 5.34. The van der Waals surface area contributed by atoms with Crippen LogP contribution in [0.25, 0.3) is 0 Å². The lowest BCUT2D eigenvalue weighted by Gasteiger charge is -2.16. The monoisotopic (exact) mass is 366 g/mol. The number of nitro benzene ring substituents is 1. The molecule has 0 heterocycles. The van der Waals surface area contributed by atoms with Crippen molar-refractivity contribution < 1.29 is 28.0 Å². The Bertz CT molecular complexity index is 857. The fourth-order valence-corrected chi connectivity index (χ4v) is 2.41. The number of rotatable bonds is 6. The van der Waals surface area contributed by atoms with Gasteiger partial charge in [0.05, 0.1) is 31.3 Å². The molecule has 1 N–H and O–H groups in total. The number of halogens is 2. The maximum Gasteiger partial charge on any atom is 0.286 e. The van der Waals surface area contributed by atoms with E-state index in [9.17, 15) is 23.7 Å². The van der Waals surface area contributed by atoms with Crippen molar-refractivity contribution in [3.05, 3.63) is 63.2 Å². The zero-order valence-electron chi connectivity index (χ0n) is 14.2. The number of nitrogens with one attached hydrogen (secondary N) is 1. The van der Waals surface area contributed by atoms with E-state index in [-0.39, 0.29) is 22.6 Å². The standard InChI is InChI=1S/C17H16F2N2O5/c1-9(11-5-4-10(18)6-13(11)19)20-17(22)12-7-15(25-2)16(26-3)8-14(12)21(23)24/h4-9H,1-3H3,(H,20,22). The number of hydrogen-bond donors (Lipinski definition) is 1. The third kappa shape index (κ3) is 3.88. The van der Waals surface area contributed by atoms with Crippen LogP contribution in [0.2, 0.25) is 0 Å². The van der Waals surface area contributed by atoms with Crippen LogP contribution in [0.3, 0.4) is 0 Å². The molecule has 0 aromatic heterocycles. The molecule has 0 aliphatic heterocycles. The summed E-state index contributed by atoms with van der Waals surface area (Å²) in [7, 11) is 2.63. The van der Waals surface area contributed by atoms with Crippen molar-refractivity contribution in [1.29, 1.82) is 0 Å². The fraction of sp³-hybridized carbons (Fsp3) is 0.235. The molecular formula is C17H16F2N2O5. The summed E-state index contributed by atoms with van der Waals surface area (Å²) in [5.74, 6) is -2.17. The normalized spacial score (nSPS) is 11.6. The van der Waals surface area contributed by atoms with Crippen LogP contribution in [0.15, 0.2) is 30.3 Å². The average molecular weight is 366 g/mol. The third-order valence-electron chi connectivity index (χ3n) is 3.72. The van der Waals surface area contributed by atoms with Gasteiger partial charge >= 0.3 is 0 Å². The summed E-state index contributed by atoms with van der Waals surface area (Å²) in [5, 5.41) is 13.7. The number of hydrogen-bond acceptors (Lipinski definition) is 5. The lowest BCUT2D eigenvalue weighted by molar-refractivity contribution is -0.385. The Morgan fingerprint density at radius 2 is 1.77 bits per heavy atom. The molecule has 1 amide bonds. The second kappa shape index (κ2) is 7.77.